The number of nitrogens with zero attached hydrogens (tertiary/aromatic N) is 1. The zero-order valence-electron chi connectivity index (χ0n) is 22.3. The Morgan fingerprint density at radius 2 is 1.62 bits per heavy atom. The molecule has 6 rings (SSSR count). The monoisotopic (exact) mass is 556 g/mol. The minimum absolute atomic E-state index is 0. The predicted octanol–water partition coefficient (Wildman–Crippen LogP) is 7.08. The smallest absolute Gasteiger partial charge is 0.337 e. The molecule has 1 saturated heterocycles. The molecule has 1 aliphatic rings. The second-order valence-corrected chi connectivity index (χ2v) is 10.2. The van der Waals surface area contributed by atoms with Gasteiger partial charge in [0.05, 0.1) is 23.6 Å². The predicted molar refractivity (Wildman–Crippen MR) is 158 cm³/mol. The Morgan fingerprint density at radius 1 is 0.925 bits per heavy atom. The van der Waals surface area contributed by atoms with Gasteiger partial charge in [-0.05, 0) is 59.7 Å². The van der Waals surface area contributed by atoms with Crippen molar-refractivity contribution in [3.63, 3.8) is 0 Å². The normalized spacial score (nSPS) is 13.8. The van der Waals surface area contributed by atoms with Crippen molar-refractivity contribution in [1.29, 1.82) is 0 Å². The Kier molecular flexibility index (Phi) is 7.66. The van der Waals surface area contributed by atoms with Crippen LogP contribution < -0.4 is 10.1 Å². The van der Waals surface area contributed by atoms with Crippen molar-refractivity contribution in [2.45, 2.75) is 18.9 Å². The van der Waals surface area contributed by atoms with E-state index < -0.39 is 0 Å². The minimum atomic E-state index is -0.377. The van der Waals surface area contributed by atoms with Crippen LogP contribution >= 0.6 is 12.4 Å². The number of esters is 1. The molecule has 0 spiro atoms. The molecule has 0 bridgehead atoms. The molecule has 1 aromatic heterocycles. The van der Waals surface area contributed by atoms with E-state index in [2.05, 4.69) is 22.9 Å². The van der Waals surface area contributed by atoms with E-state index in [-0.39, 0.29) is 29.6 Å². The second kappa shape index (κ2) is 11.2. The molecule has 0 unspecified atom stereocenters. The number of benzene rings is 4. The Balaban J connectivity index is 0.00000323. The lowest BCUT2D eigenvalue weighted by Crippen LogP contribution is -2.55. The maximum atomic E-state index is 14.0. The number of nitrogens with one attached hydrogen (secondary N) is 1. The maximum absolute atomic E-state index is 14.0. The van der Waals surface area contributed by atoms with E-state index in [1.807, 2.05) is 66.7 Å². The first-order chi connectivity index (χ1) is 19.0. The average molecular weight is 557 g/mol. The molecule has 0 aliphatic carbocycles. The number of carbonyl (C=O) groups excluding carboxylic acids is 1. The minimum Gasteiger partial charge on any atom is -0.488 e. The van der Waals surface area contributed by atoms with Crippen molar-refractivity contribution in [1.82, 2.24) is 9.88 Å². The quantitative estimate of drug-likeness (QED) is 0.218. The average Bonchev–Trinajstić information content (AvgIpc) is 3.31. The standard InChI is InChI=1S/C33H29FN2O3.ClH/c1-33(20-35-21-33)31-29(23-11-13-24(14-12-23)32(37)38-2)30-27(36(31)26-17-15-25(34)16-18-26)9-6-10-28(30)39-19-22-7-4-3-5-8-22;/h3-18,35H,19-21H2,1-2H3;1H. The zero-order chi connectivity index (χ0) is 27.0. The van der Waals surface area contributed by atoms with Crippen molar-refractivity contribution in [3.05, 3.63) is 120 Å². The summed E-state index contributed by atoms with van der Waals surface area (Å²) in [7, 11) is 1.38. The van der Waals surface area contributed by atoms with E-state index in [1.165, 1.54) is 19.2 Å². The van der Waals surface area contributed by atoms with Crippen LogP contribution in [0.5, 0.6) is 5.75 Å². The fourth-order valence-electron chi connectivity index (χ4n) is 5.43. The number of hydrogen-bond acceptors (Lipinski definition) is 4. The largest absolute Gasteiger partial charge is 0.488 e. The molecule has 2 heterocycles. The van der Waals surface area contributed by atoms with Crippen LogP contribution in [0.1, 0.15) is 28.5 Å². The van der Waals surface area contributed by atoms with Gasteiger partial charge in [0, 0.05) is 35.4 Å². The van der Waals surface area contributed by atoms with Crippen molar-refractivity contribution in [2.75, 3.05) is 20.2 Å². The van der Waals surface area contributed by atoms with Gasteiger partial charge in [0.1, 0.15) is 18.2 Å². The fourth-order valence-corrected chi connectivity index (χ4v) is 5.43. The number of hydrogen-bond donors (Lipinski definition) is 1. The third kappa shape index (κ3) is 4.85. The molecule has 1 fully saturated rings. The number of rotatable bonds is 7. The summed E-state index contributed by atoms with van der Waals surface area (Å²) in [5.74, 6) is 0.109. The molecular formula is C33H30ClFN2O3. The highest BCUT2D eigenvalue weighted by molar-refractivity contribution is 6.04. The van der Waals surface area contributed by atoms with Crippen LogP contribution in [0.4, 0.5) is 4.39 Å². The summed E-state index contributed by atoms with van der Waals surface area (Å²) >= 11 is 0. The lowest BCUT2D eigenvalue weighted by molar-refractivity contribution is 0.0600. The number of halogens is 2. The summed E-state index contributed by atoms with van der Waals surface area (Å²) in [6.07, 6.45) is 0. The topological polar surface area (TPSA) is 52.5 Å². The zero-order valence-corrected chi connectivity index (χ0v) is 23.1. The summed E-state index contributed by atoms with van der Waals surface area (Å²) in [6.45, 7) is 4.28. The molecule has 1 aliphatic heterocycles. The second-order valence-electron chi connectivity index (χ2n) is 10.2. The van der Waals surface area contributed by atoms with Gasteiger partial charge < -0.3 is 19.4 Å². The van der Waals surface area contributed by atoms with Crippen LogP contribution in [0.2, 0.25) is 0 Å². The van der Waals surface area contributed by atoms with Crippen molar-refractivity contribution >= 4 is 29.3 Å². The SMILES string of the molecule is COC(=O)c1ccc(-c2c(C3(C)CNC3)n(-c3ccc(F)cc3)c3cccc(OCc4ccccc4)c23)cc1.Cl. The van der Waals surface area contributed by atoms with Crippen molar-refractivity contribution in [2.24, 2.45) is 0 Å². The van der Waals surface area contributed by atoms with Gasteiger partial charge in [-0.2, -0.15) is 0 Å². The van der Waals surface area contributed by atoms with E-state index >= 15 is 0 Å². The van der Waals surface area contributed by atoms with Gasteiger partial charge in [-0.15, -0.1) is 12.4 Å². The molecule has 1 N–H and O–H groups in total. The summed E-state index contributed by atoms with van der Waals surface area (Å²) in [4.78, 5) is 12.2. The summed E-state index contributed by atoms with van der Waals surface area (Å²) in [5.41, 5.74) is 6.36. The van der Waals surface area contributed by atoms with Crippen molar-refractivity contribution < 1.29 is 18.7 Å². The van der Waals surface area contributed by atoms with Crippen molar-refractivity contribution in [3.8, 4) is 22.6 Å². The number of ether oxygens (including phenoxy) is 2. The summed E-state index contributed by atoms with van der Waals surface area (Å²) < 4.78 is 27.6. The summed E-state index contributed by atoms with van der Waals surface area (Å²) in [5, 5.41) is 4.42. The molecule has 204 valence electrons. The molecule has 7 heteroatoms. The highest BCUT2D eigenvalue weighted by Crippen LogP contribution is 2.47. The van der Waals surface area contributed by atoms with Gasteiger partial charge >= 0.3 is 5.97 Å². The van der Waals surface area contributed by atoms with E-state index in [4.69, 9.17) is 9.47 Å². The molecule has 5 aromatic rings. The molecule has 4 aromatic carbocycles. The van der Waals surface area contributed by atoms with Crippen LogP contribution in [0.3, 0.4) is 0 Å². The van der Waals surface area contributed by atoms with Crippen LogP contribution in [0.25, 0.3) is 27.7 Å². The molecule has 0 saturated carbocycles. The molecule has 0 radical (unpaired) electrons. The number of fused-ring (bicyclic) bond motifs is 1. The molecule has 40 heavy (non-hydrogen) atoms. The number of carbonyl (C=O) groups is 1. The summed E-state index contributed by atoms with van der Waals surface area (Å²) in [6, 6.07) is 30.3. The molecule has 5 nitrogen and oxygen atoms in total. The van der Waals surface area contributed by atoms with Gasteiger partial charge in [0.15, 0.2) is 0 Å². The van der Waals surface area contributed by atoms with Gasteiger partial charge in [-0.1, -0.05) is 55.5 Å². The Labute approximate surface area is 239 Å². The van der Waals surface area contributed by atoms with Crippen LogP contribution in [0.15, 0.2) is 97.1 Å². The first-order valence-electron chi connectivity index (χ1n) is 13.0. The number of methoxy groups -OCH3 is 1. The lowest BCUT2D eigenvalue weighted by atomic mass is 9.77. The van der Waals surface area contributed by atoms with Gasteiger partial charge in [0.25, 0.3) is 0 Å². The number of aromatic nitrogens is 1. The van der Waals surface area contributed by atoms with Crippen LogP contribution in [-0.4, -0.2) is 30.7 Å². The van der Waals surface area contributed by atoms with E-state index in [0.717, 1.165) is 57.8 Å². The third-order valence-corrected chi connectivity index (χ3v) is 7.47. The van der Waals surface area contributed by atoms with E-state index in [0.29, 0.717) is 12.2 Å². The molecule has 0 amide bonds. The molecule has 0 atom stereocenters. The van der Waals surface area contributed by atoms with E-state index in [1.54, 1.807) is 12.1 Å². The lowest BCUT2D eigenvalue weighted by Gasteiger charge is -2.41. The Hall–Kier alpha value is -4.13. The highest BCUT2D eigenvalue weighted by Gasteiger charge is 2.40. The first kappa shape index (κ1) is 27.4. The third-order valence-electron chi connectivity index (χ3n) is 7.47. The van der Waals surface area contributed by atoms with E-state index in [9.17, 15) is 9.18 Å². The first-order valence-corrected chi connectivity index (χ1v) is 13.0. The molecular weight excluding hydrogens is 527 g/mol. The maximum Gasteiger partial charge on any atom is 0.337 e. The Bertz CT molecular complexity index is 1640. The van der Waals surface area contributed by atoms with Crippen LogP contribution in [0, 0.1) is 5.82 Å². The highest BCUT2D eigenvalue weighted by atomic mass is 35.5. The fraction of sp³-hybridized carbons (Fsp3) is 0.182. The van der Waals surface area contributed by atoms with Gasteiger partial charge in [-0.3, -0.25) is 0 Å². The van der Waals surface area contributed by atoms with Crippen LogP contribution in [-0.2, 0) is 16.8 Å². The van der Waals surface area contributed by atoms with Gasteiger partial charge in [0.2, 0.25) is 0 Å². The van der Waals surface area contributed by atoms with Gasteiger partial charge in [-0.25, -0.2) is 9.18 Å². The Morgan fingerprint density at radius 3 is 2.25 bits per heavy atom.